The largest absolute Gasteiger partial charge is 0.386 e. The highest BCUT2D eigenvalue weighted by Crippen LogP contribution is 2.21. The second-order valence-electron chi connectivity index (χ2n) is 12.4. The maximum Gasteiger partial charge on any atom is 0.114 e. The molecule has 0 aromatic carbocycles. The van der Waals surface area contributed by atoms with Crippen molar-refractivity contribution in [2.45, 2.75) is 213 Å². The Morgan fingerprint density at radius 3 is 1.08 bits per heavy atom. The zero-order chi connectivity index (χ0) is 28.0. The van der Waals surface area contributed by atoms with Crippen molar-refractivity contribution < 1.29 is 0 Å². The molecule has 3 nitrogen and oxygen atoms in total. The van der Waals surface area contributed by atoms with Crippen LogP contribution < -0.4 is 11.5 Å². The second-order valence-corrected chi connectivity index (χ2v) is 12.4. The van der Waals surface area contributed by atoms with E-state index in [1.807, 2.05) is 0 Å². The van der Waals surface area contributed by atoms with Gasteiger partial charge in [0.1, 0.15) is 5.84 Å². The number of rotatable bonds is 31. The Bertz CT molecular complexity index is 490. The van der Waals surface area contributed by atoms with E-state index >= 15 is 0 Å². The van der Waals surface area contributed by atoms with Crippen molar-refractivity contribution >= 4 is 5.84 Å². The first-order chi connectivity index (χ1) is 18.6. The van der Waals surface area contributed by atoms with E-state index in [0.29, 0.717) is 0 Å². The van der Waals surface area contributed by atoms with Crippen LogP contribution in [-0.4, -0.2) is 17.9 Å². The molecule has 0 rings (SSSR count). The minimum absolute atomic E-state index is 0.384. The van der Waals surface area contributed by atoms with E-state index in [1.165, 1.54) is 161 Å². The van der Waals surface area contributed by atoms with Crippen LogP contribution in [0.5, 0.6) is 0 Å². The molecule has 0 aromatic rings. The van der Waals surface area contributed by atoms with Gasteiger partial charge in [0.15, 0.2) is 0 Å². The van der Waals surface area contributed by atoms with Gasteiger partial charge in [-0.15, -0.1) is 0 Å². The number of nitrogens with two attached hydrogens (primary N) is 2. The van der Waals surface area contributed by atoms with Crippen LogP contribution in [0.2, 0.25) is 0 Å². The Morgan fingerprint density at radius 1 is 0.421 bits per heavy atom. The maximum atomic E-state index is 6.86. The second kappa shape index (κ2) is 29.4. The Balaban J connectivity index is 3.89. The summed E-state index contributed by atoms with van der Waals surface area (Å²) >= 11 is 0. The van der Waals surface area contributed by atoms with E-state index in [-0.39, 0.29) is 5.54 Å². The molecule has 1 unspecified atom stereocenters. The lowest BCUT2D eigenvalue weighted by atomic mass is 9.86. The predicted octanol–water partition coefficient (Wildman–Crippen LogP) is 11.4. The van der Waals surface area contributed by atoms with Crippen molar-refractivity contribution in [1.82, 2.24) is 0 Å². The molecule has 1 atom stereocenters. The molecule has 0 bridgehead atoms. The Kier molecular flexibility index (Phi) is 29.0. The molecule has 0 saturated carbocycles. The first-order valence-electron chi connectivity index (χ1n) is 17.7. The molecule has 0 saturated heterocycles. The van der Waals surface area contributed by atoms with E-state index in [4.69, 9.17) is 16.5 Å². The average Bonchev–Trinajstić information content (AvgIpc) is 2.92. The molecule has 0 radical (unpaired) electrons. The van der Waals surface area contributed by atoms with Crippen LogP contribution in [0.1, 0.15) is 207 Å². The predicted molar refractivity (Wildman–Crippen MR) is 174 cm³/mol. The lowest BCUT2D eigenvalue weighted by molar-refractivity contribution is 0.430. The first kappa shape index (κ1) is 37.4. The van der Waals surface area contributed by atoms with Gasteiger partial charge < -0.3 is 11.5 Å². The molecule has 0 spiro atoms. The molecule has 0 fully saturated rings. The number of aliphatic imine (C=N–C) groups is 1. The zero-order valence-corrected chi connectivity index (χ0v) is 26.8. The smallest absolute Gasteiger partial charge is 0.114 e. The van der Waals surface area contributed by atoms with Crippen LogP contribution in [0.25, 0.3) is 0 Å². The van der Waals surface area contributed by atoms with Gasteiger partial charge >= 0.3 is 0 Å². The summed E-state index contributed by atoms with van der Waals surface area (Å²) in [6.45, 7) is 7.68. The van der Waals surface area contributed by atoms with E-state index in [9.17, 15) is 0 Å². The van der Waals surface area contributed by atoms with E-state index in [2.05, 4.69) is 20.8 Å². The van der Waals surface area contributed by atoms with E-state index in [0.717, 1.165) is 38.1 Å². The SMILES string of the molecule is CCCCCCCCCCCCCCCC(N)(CCCC)C(N)=NCCCCCCCCCCCCCC. The fourth-order valence-electron chi connectivity index (χ4n) is 5.64. The van der Waals surface area contributed by atoms with Crippen LogP contribution in [0, 0.1) is 0 Å². The normalized spacial score (nSPS) is 13.7. The molecule has 0 aromatic heterocycles. The van der Waals surface area contributed by atoms with Gasteiger partial charge in [-0.3, -0.25) is 4.99 Å². The van der Waals surface area contributed by atoms with Gasteiger partial charge in [0.25, 0.3) is 0 Å². The molecule has 228 valence electrons. The summed E-state index contributed by atoms with van der Waals surface area (Å²) < 4.78 is 0. The number of unbranched alkanes of at least 4 members (excludes halogenated alkanes) is 24. The highest BCUT2D eigenvalue weighted by atomic mass is 14.9. The quantitative estimate of drug-likeness (QED) is 0.0526. The molecule has 38 heavy (non-hydrogen) atoms. The fraction of sp³-hybridized carbons (Fsp3) is 0.971. The summed E-state index contributed by atoms with van der Waals surface area (Å²) in [4.78, 5) is 4.78. The van der Waals surface area contributed by atoms with Gasteiger partial charge in [-0.05, 0) is 19.3 Å². The number of hydrogen-bond donors (Lipinski definition) is 2. The highest BCUT2D eigenvalue weighted by molar-refractivity contribution is 5.89. The van der Waals surface area contributed by atoms with Crippen LogP contribution in [0.3, 0.4) is 0 Å². The van der Waals surface area contributed by atoms with Gasteiger partial charge in [-0.25, -0.2) is 0 Å². The van der Waals surface area contributed by atoms with E-state index < -0.39 is 0 Å². The van der Waals surface area contributed by atoms with Crippen molar-refractivity contribution in [3.05, 3.63) is 0 Å². The molecular weight excluding hydrogens is 462 g/mol. The first-order valence-corrected chi connectivity index (χ1v) is 17.7. The lowest BCUT2D eigenvalue weighted by Gasteiger charge is -2.29. The number of nitrogens with zero attached hydrogens (tertiary/aromatic N) is 1. The van der Waals surface area contributed by atoms with Crippen LogP contribution in [0.15, 0.2) is 4.99 Å². The summed E-state index contributed by atoms with van der Waals surface area (Å²) in [6.07, 6.45) is 38.7. The average molecular weight is 536 g/mol. The standard InChI is InChI=1S/C35H73N3/c1-4-7-10-12-14-16-18-20-21-23-25-27-29-32-35(37,31-9-6-3)34(36)38-33-30-28-26-24-22-19-17-15-13-11-8-5-2/h4-33,37H2,1-3H3,(H2,36,38). The van der Waals surface area contributed by atoms with Gasteiger partial charge in [0.2, 0.25) is 0 Å². The van der Waals surface area contributed by atoms with Crippen molar-refractivity contribution in [2.24, 2.45) is 16.5 Å². The highest BCUT2D eigenvalue weighted by Gasteiger charge is 2.28. The summed E-state index contributed by atoms with van der Waals surface area (Å²) in [5, 5.41) is 0. The minimum Gasteiger partial charge on any atom is -0.386 e. The van der Waals surface area contributed by atoms with Gasteiger partial charge in [0.05, 0.1) is 5.54 Å². The van der Waals surface area contributed by atoms with Gasteiger partial charge in [-0.2, -0.15) is 0 Å². The van der Waals surface area contributed by atoms with Crippen molar-refractivity contribution in [1.29, 1.82) is 0 Å². The third kappa shape index (κ3) is 24.5. The molecule has 0 aliphatic rings. The zero-order valence-electron chi connectivity index (χ0n) is 26.8. The monoisotopic (exact) mass is 536 g/mol. The minimum atomic E-state index is -0.384. The van der Waals surface area contributed by atoms with Crippen LogP contribution >= 0.6 is 0 Å². The third-order valence-electron chi connectivity index (χ3n) is 8.51. The number of hydrogen-bond acceptors (Lipinski definition) is 2. The molecule has 4 N–H and O–H groups in total. The van der Waals surface area contributed by atoms with Crippen LogP contribution in [0.4, 0.5) is 0 Å². The molecule has 0 amide bonds. The van der Waals surface area contributed by atoms with Crippen LogP contribution in [-0.2, 0) is 0 Å². The summed E-state index contributed by atoms with van der Waals surface area (Å²) in [5.41, 5.74) is 13.0. The lowest BCUT2D eigenvalue weighted by Crippen LogP contribution is -2.52. The van der Waals surface area contributed by atoms with Gasteiger partial charge in [0, 0.05) is 6.54 Å². The fourth-order valence-corrected chi connectivity index (χ4v) is 5.64. The molecule has 0 heterocycles. The molecule has 0 aliphatic heterocycles. The topological polar surface area (TPSA) is 64.4 Å². The Labute approximate surface area is 241 Å². The maximum absolute atomic E-state index is 6.86. The van der Waals surface area contributed by atoms with Crippen molar-refractivity contribution in [3.8, 4) is 0 Å². The third-order valence-corrected chi connectivity index (χ3v) is 8.51. The molecule has 0 aliphatic carbocycles. The van der Waals surface area contributed by atoms with Crippen molar-refractivity contribution in [2.75, 3.05) is 6.54 Å². The van der Waals surface area contributed by atoms with Gasteiger partial charge in [-0.1, -0.05) is 188 Å². The van der Waals surface area contributed by atoms with E-state index in [1.54, 1.807) is 0 Å². The number of amidine groups is 1. The summed E-state index contributed by atoms with van der Waals surface area (Å²) in [6, 6.07) is 0. The Hall–Kier alpha value is -0.570. The summed E-state index contributed by atoms with van der Waals surface area (Å²) in [5.74, 6) is 0.730. The Morgan fingerprint density at radius 2 is 0.711 bits per heavy atom. The summed E-state index contributed by atoms with van der Waals surface area (Å²) in [7, 11) is 0. The van der Waals surface area contributed by atoms with Crippen molar-refractivity contribution in [3.63, 3.8) is 0 Å². The molecule has 3 heteroatoms. The molecular formula is C35H73N3.